The molecule has 0 aliphatic carbocycles. The summed E-state index contributed by atoms with van der Waals surface area (Å²) in [6, 6.07) is 5.46. The molecule has 1 aromatic carbocycles. The number of nitro benzene ring substituents is 1. The second kappa shape index (κ2) is 4.80. The van der Waals surface area contributed by atoms with Gasteiger partial charge in [0.2, 0.25) is 0 Å². The molecule has 1 aliphatic rings. The summed E-state index contributed by atoms with van der Waals surface area (Å²) in [6.45, 7) is 3.10. The number of hydrogen-bond donors (Lipinski definition) is 0. The highest BCUT2D eigenvalue weighted by atomic mass is 35.5. The molecule has 1 heterocycles. The van der Waals surface area contributed by atoms with Crippen LogP contribution in [0.2, 0.25) is 0 Å². The Morgan fingerprint density at radius 2 is 2.19 bits per heavy atom. The summed E-state index contributed by atoms with van der Waals surface area (Å²) in [5.74, 6) is 0. The van der Waals surface area contributed by atoms with Crippen LogP contribution in [0.5, 0.6) is 0 Å². The normalized spacial score (nSPS) is 19.8. The lowest BCUT2D eigenvalue weighted by Gasteiger charge is -2.31. The van der Waals surface area contributed by atoms with Crippen molar-refractivity contribution in [1.82, 2.24) is 4.90 Å². The van der Waals surface area contributed by atoms with E-state index in [-0.39, 0.29) is 29.1 Å². The van der Waals surface area contributed by atoms with E-state index in [0.717, 1.165) is 18.5 Å². The van der Waals surface area contributed by atoms with Crippen molar-refractivity contribution in [3.05, 3.63) is 39.4 Å². The van der Waals surface area contributed by atoms with Crippen LogP contribution in [0.3, 0.4) is 0 Å². The first kappa shape index (κ1) is 12.9. The summed E-state index contributed by atoms with van der Waals surface area (Å²) in [5.41, 5.74) is 2.53. The SMILES string of the molecule is CC1c2cc([N+](=O)[O-])ccc2CCN1C.Cl. The van der Waals surface area contributed by atoms with Crippen molar-refractivity contribution in [3.63, 3.8) is 0 Å². The zero-order valence-corrected chi connectivity index (χ0v) is 10.2. The van der Waals surface area contributed by atoms with E-state index in [0.29, 0.717) is 0 Å². The largest absolute Gasteiger partial charge is 0.299 e. The zero-order valence-electron chi connectivity index (χ0n) is 9.34. The van der Waals surface area contributed by atoms with Crippen LogP contribution < -0.4 is 0 Å². The molecule has 0 fully saturated rings. The van der Waals surface area contributed by atoms with Crippen molar-refractivity contribution >= 4 is 18.1 Å². The summed E-state index contributed by atoms with van der Waals surface area (Å²) in [5, 5.41) is 10.7. The van der Waals surface area contributed by atoms with E-state index in [1.807, 2.05) is 13.1 Å². The third-order valence-corrected chi connectivity index (χ3v) is 3.19. The van der Waals surface area contributed by atoms with Crippen LogP contribution in [-0.2, 0) is 6.42 Å². The predicted molar refractivity (Wildman–Crippen MR) is 65.1 cm³/mol. The molecule has 0 bridgehead atoms. The fraction of sp³-hybridized carbons (Fsp3) is 0.455. The van der Waals surface area contributed by atoms with Gasteiger partial charge in [-0.2, -0.15) is 0 Å². The minimum absolute atomic E-state index is 0. The quantitative estimate of drug-likeness (QED) is 0.562. The third kappa shape index (κ3) is 2.18. The van der Waals surface area contributed by atoms with Crippen LogP contribution in [0.15, 0.2) is 18.2 Å². The topological polar surface area (TPSA) is 46.4 Å². The molecule has 1 aliphatic heterocycles. The Morgan fingerprint density at radius 1 is 1.50 bits per heavy atom. The van der Waals surface area contributed by atoms with Gasteiger partial charge in [0.1, 0.15) is 0 Å². The van der Waals surface area contributed by atoms with Crippen molar-refractivity contribution < 1.29 is 4.92 Å². The van der Waals surface area contributed by atoms with Crippen LogP contribution in [0.1, 0.15) is 24.1 Å². The van der Waals surface area contributed by atoms with Crippen molar-refractivity contribution in [3.8, 4) is 0 Å². The minimum Gasteiger partial charge on any atom is -0.299 e. The number of rotatable bonds is 1. The molecule has 1 unspecified atom stereocenters. The van der Waals surface area contributed by atoms with E-state index in [1.54, 1.807) is 12.1 Å². The Hall–Kier alpha value is -1.13. The number of non-ortho nitro benzene ring substituents is 1. The van der Waals surface area contributed by atoms with Crippen LogP contribution in [-0.4, -0.2) is 23.4 Å². The summed E-state index contributed by atoms with van der Waals surface area (Å²) in [6.07, 6.45) is 0.980. The lowest BCUT2D eigenvalue weighted by molar-refractivity contribution is -0.385. The molecule has 1 aromatic rings. The molecule has 5 heteroatoms. The maximum absolute atomic E-state index is 10.7. The maximum atomic E-state index is 10.7. The zero-order chi connectivity index (χ0) is 11.0. The smallest absolute Gasteiger partial charge is 0.269 e. The predicted octanol–water partition coefficient (Wildman–Crippen LogP) is 2.57. The van der Waals surface area contributed by atoms with Gasteiger partial charge in [-0.3, -0.25) is 15.0 Å². The van der Waals surface area contributed by atoms with E-state index in [2.05, 4.69) is 11.8 Å². The van der Waals surface area contributed by atoms with Crippen molar-refractivity contribution in [1.29, 1.82) is 0 Å². The van der Waals surface area contributed by atoms with Crippen LogP contribution in [0.25, 0.3) is 0 Å². The molecule has 0 N–H and O–H groups in total. The first-order valence-corrected chi connectivity index (χ1v) is 5.07. The number of nitrogens with zero attached hydrogens (tertiary/aromatic N) is 2. The molecular weight excluding hydrogens is 228 g/mol. The third-order valence-electron chi connectivity index (χ3n) is 3.19. The Bertz CT molecular complexity index is 409. The van der Waals surface area contributed by atoms with Crippen LogP contribution in [0, 0.1) is 10.1 Å². The summed E-state index contributed by atoms with van der Waals surface area (Å²) >= 11 is 0. The average molecular weight is 243 g/mol. The number of nitro groups is 1. The molecule has 16 heavy (non-hydrogen) atoms. The van der Waals surface area contributed by atoms with E-state index < -0.39 is 0 Å². The number of fused-ring (bicyclic) bond motifs is 1. The van der Waals surface area contributed by atoms with Gasteiger partial charge in [0, 0.05) is 24.7 Å². The molecular formula is C11H15ClN2O2. The fourth-order valence-corrected chi connectivity index (χ4v) is 2.04. The monoisotopic (exact) mass is 242 g/mol. The van der Waals surface area contributed by atoms with Gasteiger partial charge in [-0.1, -0.05) is 6.07 Å². The lowest BCUT2D eigenvalue weighted by Crippen LogP contribution is -2.30. The van der Waals surface area contributed by atoms with E-state index in [4.69, 9.17) is 0 Å². The fourth-order valence-electron chi connectivity index (χ4n) is 2.04. The van der Waals surface area contributed by atoms with Crippen molar-refractivity contribution in [2.45, 2.75) is 19.4 Å². The highest BCUT2D eigenvalue weighted by Crippen LogP contribution is 2.30. The minimum atomic E-state index is -0.332. The molecule has 0 spiro atoms. The highest BCUT2D eigenvalue weighted by Gasteiger charge is 2.22. The average Bonchev–Trinajstić information content (AvgIpc) is 2.23. The summed E-state index contributed by atoms with van der Waals surface area (Å²) < 4.78 is 0. The Balaban J connectivity index is 0.00000128. The Labute approximate surface area is 101 Å². The van der Waals surface area contributed by atoms with Gasteiger partial charge in [-0.25, -0.2) is 0 Å². The van der Waals surface area contributed by atoms with E-state index >= 15 is 0 Å². The molecule has 2 rings (SSSR count). The standard InChI is InChI=1S/C11H14N2O2.ClH/c1-8-11-7-10(13(14)15)4-3-9(11)5-6-12(8)2;/h3-4,7-8H,5-6H2,1-2H3;1H. The maximum Gasteiger partial charge on any atom is 0.269 e. The molecule has 0 radical (unpaired) electrons. The van der Waals surface area contributed by atoms with Gasteiger partial charge >= 0.3 is 0 Å². The molecule has 1 atom stereocenters. The summed E-state index contributed by atoms with van der Waals surface area (Å²) in [7, 11) is 2.05. The van der Waals surface area contributed by atoms with Gasteiger partial charge < -0.3 is 0 Å². The number of benzene rings is 1. The van der Waals surface area contributed by atoms with Gasteiger partial charge in [-0.15, -0.1) is 12.4 Å². The molecule has 4 nitrogen and oxygen atoms in total. The molecule has 0 aromatic heterocycles. The van der Waals surface area contributed by atoms with Crippen LogP contribution >= 0.6 is 12.4 Å². The van der Waals surface area contributed by atoms with E-state index in [1.165, 1.54) is 5.56 Å². The second-order valence-electron chi connectivity index (χ2n) is 4.05. The molecule has 0 saturated heterocycles. The van der Waals surface area contributed by atoms with Gasteiger partial charge in [-0.05, 0) is 31.5 Å². The molecule has 88 valence electrons. The first-order chi connectivity index (χ1) is 7.09. The first-order valence-electron chi connectivity index (χ1n) is 5.07. The van der Waals surface area contributed by atoms with Gasteiger partial charge in [0.15, 0.2) is 0 Å². The number of hydrogen-bond acceptors (Lipinski definition) is 3. The Morgan fingerprint density at radius 3 is 2.81 bits per heavy atom. The summed E-state index contributed by atoms with van der Waals surface area (Å²) in [4.78, 5) is 12.5. The van der Waals surface area contributed by atoms with Gasteiger partial charge in [0.05, 0.1) is 4.92 Å². The molecule has 0 saturated carbocycles. The second-order valence-corrected chi connectivity index (χ2v) is 4.05. The van der Waals surface area contributed by atoms with Crippen molar-refractivity contribution in [2.75, 3.05) is 13.6 Å². The Kier molecular flexibility index (Phi) is 3.88. The number of likely N-dealkylation sites (N-methyl/N-ethyl adjacent to an activating group) is 1. The van der Waals surface area contributed by atoms with E-state index in [9.17, 15) is 10.1 Å². The van der Waals surface area contributed by atoms with Crippen LogP contribution in [0.4, 0.5) is 5.69 Å². The van der Waals surface area contributed by atoms with Crippen molar-refractivity contribution in [2.24, 2.45) is 0 Å². The molecule has 0 amide bonds. The highest BCUT2D eigenvalue weighted by molar-refractivity contribution is 5.85. The number of halogens is 1. The van der Waals surface area contributed by atoms with Gasteiger partial charge in [0.25, 0.3) is 5.69 Å². The lowest BCUT2D eigenvalue weighted by atomic mass is 9.93.